The summed E-state index contributed by atoms with van der Waals surface area (Å²) in [5.41, 5.74) is -0.270. The molecule has 0 spiro atoms. The maximum Gasteiger partial charge on any atom is 0.240 e. The van der Waals surface area contributed by atoms with Crippen LogP contribution in [0.2, 0.25) is 0 Å². The molecule has 1 unspecified atom stereocenters. The summed E-state index contributed by atoms with van der Waals surface area (Å²) >= 11 is 0. The van der Waals surface area contributed by atoms with Crippen LogP contribution in [0, 0.1) is 17.1 Å². The van der Waals surface area contributed by atoms with E-state index in [2.05, 4.69) is 9.62 Å². The van der Waals surface area contributed by atoms with Gasteiger partial charge in [-0.1, -0.05) is 6.92 Å². The van der Waals surface area contributed by atoms with E-state index in [-0.39, 0.29) is 16.5 Å². The standard InChI is InChI=1S/C14H18FN3O2S/c1-2-18-7-3-4-12(18)10-17-21(19,20)13-5-6-14(15)11(8-13)9-16/h5-6,8,12,17H,2-4,7,10H2,1H3. The predicted octanol–water partition coefficient (Wildman–Crippen LogP) is 1.46. The van der Waals surface area contributed by atoms with Crippen LogP contribution in [0.15, 0.2) is 23.1 Å². The number of likely N-dealkylation sites (N-methyl/N-ethyl adjacent to an activating group) is 1. The van der Waals surface area contributed by atoms with Crippen molar-refractivity contribution in [2.45, 2.75) is 30.7 Å². The van der Waals surface area contributed by atoms with E-state index < -0.39 is 15.8 Å². The number of rotatable bonds is 5. The van der Waals surface area contributed by atoms with Gasteiger partial charge in [0, 0.05) is 12.6 Å². The second-order valence-electron chi connectivity index (χ2n) is 5.03. The van der Waals surface area contributed by atoms with Crippen LogP contribution < -0.4 is 4.72 Å². The summed E-state index contributed by atoms with van der Waals surface area (Å²) < 4.78 is 40.2. The maximum atomic E-state index is 13.2. The molecule has 1 aliphatic heterocycles. The maximum absolute atomic E-state index is 13.2. The number of hydrogen-bond acceptors (Lipinski definition) is 4. The minimum atomic E-state index is -3.72. The van der Waals surface area contributed by atoms with Gasteiger partial charge in [0.1, 0.15) is 11.9 Å². The van der Waals surface area contributed by atoms with Gasteiger partial charge >= 0.3 is 0 Å². The second kappa shape index (κ2) is 6.52. The molecule has 1 aromatic carbocycles. The Morgan fingerprint density at radius 1 is 1.52 bits per heavy atom. The quantitative estimate of drug-likeness (QED) is 0.893. The Balaban J connectivity index is 2.10. The molecule has 0 aliphatic carbocycles. The van der Waals surface area contributed by atoms with E-state index in [4.69, 9.17) is 5.26 Å². The average Bonchev–Trinajstić information content (AvgIpc) is 2.93. The van der Waals surface area contributed by atoms with Crippen molar-refractivity contribution in [1.29, 1.82) is 5.26 Å². The third kappa shape index (κ3) is 3.59. The molecular formula is C14H18FN3O2S. The van der Waals surface area contributed by atoms with E-state index in [1.165, 1.54) is 6.07 Å². The predicted molar refractivity (Wildman–Crippen MR) is 76.6 cm³/mol. The number of nitriles is 1. The van der Waals surface area contributed by atoms with Crippen LogP contribution in [0.4, 0.5) is 4.39 Å². The number of nitrogens with one attached hydrogen (secondary N) is 1. The molecule has 5 nitrogen and oxygen atoms in total. The first kappa shape index (κ1) is 15.9. The van der Waals surface area contributed by atoms with Crippen LogP contribution in [0.25, 0.3) is 0 Å². The Kier molecular flexibility index (Phi) is 4.93. The van der Waals surface area contributed by atoms with Crippen molar-refractivity contribution < 1.29 is 12.8 Å². The van der Waals surface area contributed by atoms with Crippen LogP contribution >= 0.6 is 0 Å². The molecule has 0 aromatic heterocycles. The van der Waals surface area contributed by atoms with Crippen molar-refractivity contribution in [2.75, 3.05) is 19.6 Å². The van der Waals surface area contributed by atoms with Crippen molar-refractivity contribution in [3.63, 3.8) is 0 Å². The molecule has 1 aliphatic rings. The molecular weight excluding hydrogens is 293 g/mol. The van der Waals surface area contributed by atoms with Crippen molar-refractivity contribution in [1.82, 2.24) is 9.62 Å². The molecule has 0 saturated carbocycles. The van der Waals surface area contributed by atoms with Crippen molar-refractivity contribution in [3.05, 3.63) is 29.6 Å². The highest BCUT2D eigenvalue weighted by Crippen LogP contribution is 2.18. The second-order valence-corrected chi connectivity index (χ2v) is 6.80. The summed E-state index contributed by atoms with van der Waals surface area (Å²) in [6, 6.07) is 5.07. The summed E-state index contributed by atoms with van der Waals surface area (Å²) in [6.07, 6.45) is 2.03. The Morgan fingerprint density at radius 2 is 2.29 bits per heavy atom. The molecule has 1 heterocycles. The molecule has 2 rings (SSSR count). The van der Waals surface area contributed by atoms with Gasteiger partial charge in [0.15, 0.2) is 0 Å². The zero-order chi connectivity index (χ0) is 15.5. The summed E-state index contributed by atoms with van der Waals surface area (Å²) in [5.74, 6) is -0.718. The zero-order valence-electron chi connectivity index (χ0n) is 11.8. The molecule has 7 heteroatoms. The minimum Gasteiger partial charge on any atom is -0.299 e. The van der Waals surface area contributed by atoms with Crippen LogP contribution in [0.1, 0.15) is 25.3 Å². The molecule has 1 N–H and O–H groups in total. The van der Waals surface area contributed by atoms with Gasteiger partial charge in [0.25, 0.3) is 0 Å². The van der Waals surface area contributed by atoms with Gasteiger partial charge in [-0.3, -0.25) is 4.90 Å². The lowest BCUT2D eigenvalue weighted by Crippen LogP contribution is -2.40. The molecule has 1 atom stereocenters. The lowest BCUT2D eigenvalue weighted by atomic mass is 10.2. The topological polar surface area (TPSA) is 73.2 Å². The van der Waals surface area contributed by atoms with Gasteiger partial charge in [-0.25, -0.2) is 17.5 Å². The van der Waals surface area contributed by atoms with Gasteiger partial charge in [0.2, 0.25) is 10.0 Å². The van der Waals surface area contributed by atoms with Crippen molar-refractivity contribution >= 4 is 10.0 Å². The third-order valence-electron chi connectivity index (χ3n) is 3.78. The Bertz CT molecular complexity index is 655. The number of sulfonamides is 1. The van der Waals surface area contributed by atoms with E-state index in [1.54, 1.807) is 6.07 Å². The fourth-order valence-electron chi connectivity index (χ4n) is 2.59. The zero-order valence-corrected chi connectivity index (χ0v) is 12.7. The van der Waals surface area contributed by atoms with Crippen molar-refractivity contribution in [3.8, 4) is 6.07 Å². The van der Waals surface area contributed by atoms with E-state index in [9.17, 15) is 12.8 Å². The monoisotopic (exact) mass is 311 g/mol. The van der Waals surface area contributed by atoms with Crippen LogP contribution in [-0.4, -0.2) is 39.0 Å². The molecule has 1 aromatic rings. The van der Waals surface area contributed by atoms with Crippen molar-refractivity contribution in [2.24, 2.45) is 0 Å². The SMILES string of the molecule is CCN1CCCC1CNS(=O)(=O)c1ccc(F)c(C#N)c1. The highest BCUT2D eigenvalue weighted by atomic mass is 32.2. The van der Waals surface area contributed by atoms with Gasteiger partial charge < -0.3 is 0 Å². The fraction of sp³-hybridized carbons (Fsp3) is 0.500. The first-order valence-corrected chi connectivity index (χ1v) is 8.39. The Morgan fingerprint density at radius 3 is 2.95 bits per heavy atom. The highest BCUT2D eigenvalue weighted by Gasteiger charge is 2.25. The van der Waals surface area contributed by atoms with Crippen LogP contribution in [-0.2, 0) is 10.0 Å². The number of hydrogen-bond donors (Lipinski definition) is 1. The number of benzene rings is 1. The van der Waals surface area contributed by atoms with Crippen LogP contribution in [0.3, 0.4) is 0 Å². The largest absolute Gasteiger partial charge is 0.299 e. The van der Waals surface area contributed by atoms with Crippen LogP contribution in [0.5, 0.6) is 0 Å². The normalized spacial score (nSPS) is 19.6. The lowest BCUT2D eigenvalue weighted by molar-refractivity contribution is 0.268. The van der Waals surface area contributed by atoms with E-state index in [0.717, 1.165) is 38.1 Å². The summed E-state index contributed by atoms with van der Waals surface area (Å²) in [6.45, 7) is 4.25. The smallest absolute Gasteiger partial charge is 0.240 e. The Hall–Kier alpha value is -1.49. The van der Waals surface area contributed by atoms with Gasteiger partial charge in [0.05, 0.1) is 10.5 Å². The number of halogens is 1. The van der Waals surface area contributed by atoms with E-state index in [1.807, 2.05) is 6.92 Å². The Labute approximate surface area is 124 Å². The summed E-state index contributed by atoms with van der Waals surface area (Å²) in [4.78, 5) is 2.15. The fourth-order valence-corrected chi connectivity index (χ4v) is 3.69. The van der Waals surface area contributed by atoms with Gasteiger partial charge in [-0.05, 0) is 44.1 Å². The molecule has 0 radical (unpaired) electrons. The average molecular weight is 311 g/mol. The number of likely N-dealkylation sites (tertiary alicyclic amines) is 1. The molecule has 1 fully saturated rings. The number of nitrogens with zero attached hydrogens (tertiary/aromatic N) is 2. The van der Waals surface area contributed by atoms with Gasteiger partial charge in [-0.2, -0.15) is 5.26 Å². The molecule has 0 amide bonds. The molecule has 114 valence electrons. The molecule has 1 saturated heterocycles. The van der Waals surface area contributed by atoms with Gasteiger partial charge in [-0.15, -0.1) is 0 Å². The highest BCUT2D eigenvalue weighted by molar-refractivity contribution is 7.89. The first-order valence-electron chi connectivity index (χ1n) is 6.91. The third-order valence-corrected chi connectivity index (χ3v) is 5.20. The minimum absolute atomic E-state index is 0.0819. The first-order chi connectivity index (χ1) is 9.97. The lowest BCUT2D eigenvalue weighted by Gasteiger charge is -2.22. The van der Waals surface area contributed by atoms with E-state index >= 15 is 0 Å². The summed E-state index contributed by atoms with van der Waals surface area (Å²) in [7, 11) is -3.72. The summed E-state index contributed by atoms with van der Waals surface area (Å²) in [5, 5.41) is 8.77. The van der Waals surface area contributed by atoms with E-state index in [0.29, 0.717) is 6.54 Å². The molecule has 21 heavy (non-hydrogen) atoms. The molecule has 0 bridgehead atoms.